The van der Waals surface area contributed by atoms with Gasteiger partial charge in [-0.2, -0.15) is 0 Å². The third-order valence-electron chi connectivity index (χ3n) is 2.17. The Morgan fingerprint density at radius 3 is 2.54 bits per heavy atom. The van der Waals surface area contributed by atoms with Crippen molar-refractivity contribution < 1.29 is 0 Å². The van der Waals surface area contributed by atoms with Crippen LogP contribution in [0.25, 0.3) is 0 Å². The van der Waals surface area contributed by atoms with Crippen molar-refractivity contribution in [3.05, 3.63) is 5.01 Å². The van der Waals surface area contributed by atoms with Gasteiger partial charge in [-0.15, -0.1) is 10.2 Å². The Hall–Kier alpha value is -0.640. The molecule has 1 rings (SSSR count). The quantitative estimate of drug-likeness (QED) is 0.811. The number of nitrogens with zero attached hydrogens (tertiary/aromatic N) is 2. The van der Waals surface area contributed by atoms with Crippen molar-refractivity contribution in [1.82, 2.24) is 10.2 Å². The van der Waals surface area contributed by atoms with Crippen LogP contribution in [0.3, 0.4) is 0 Å². The molecule has 1 aromatic heterocycles. The van der Waals surface area contributed by atoms with E-state index in [9.17, 15) is 0 Å². The van der Waals surface area contributed by atoms with Gasteiger partial charge in [0.05, 0.1) is 0 Å². The average molecular weight is 199 g/mol. The molecule has 0 bridgehead atoms. The third kappa shape index (κ3) is 2.66. The zero-order valence-electron chi connectivity index (χ0n) is 8.50. The highest BCUT2D eigenvalue weighted by molar-refractivity contribution is 7.15. The first-order valence-electron chi connectivity index (χ1n) is 4.65. The van der Waals surface area contributed by atoms with Crippen molar-refractivity contribution in [1.29, 1.82) is 0 Å². The Balaban J connectivity index is 2.68. The Kier molecular flexibility index (Phi) is 3.25. The van der Waals surface area contributed by atoms with Crippen LogP contribution in [0.4, 0.5) is 5.13 Å². The van der Waals surface area contributed by atoms with E-state index >= 15 is 0 Å². The molecule has 2 N–H and O–H groups in total. The molecule has 0 aliphatic rings. The molecule has 3 nitrogen and oxygen atoms in total. The minimum Gasteiger partial charge on any atom is -0.374 e. The Morgan fingerprint density at radius 1 is 1.38 bits per heavy atom. The second-order valence-corrected chi connectivity index (χ2v) is 4.94. The lowest BCUT2D eigenvalue weighted by atomic mass is 9.88. The van der Waals surface area contributed by atoms with Gasteiger partial charge in [-0.3, -0.25) is 0 Å². The number of anilines is 1. The standard InChI is InChI=1S/C9H17N3S/c1-4-5-6-9(2,3)7-11-12-8(10)13-7/h4-6H2,1-3H3,(H2,10,12). The fourth-order valence-corrected chi connectivity index (χ4v) is 1.97. The Morgan fingerprint density at radius 2 is 2.08 bits per heavy atom. The van der Waals surface area contributed by atoms with Crippen molar-refractivity contribution in [3.8, 4) is 0 Å². The van der Waals surface area contributed by atoms with Crippen molar-refractivity contribution >= 4 is 16.5 Å². The van der Waals surface area contributed by atoms with Gasteiger partial charge in [0.1, 0.15) is 5.01 Å². The van der Waals surface area contributed by atoms with Gasteiger partial charge < -0.3 is 5.73 Å². The molecule has 0 aliphatic heterocycles. The van der Waals surface area contributed by atoms with E-state index in [4.69, 9.17) is 5.73 Å². The van der Waals surface area contributed by atoms with Gasteiger partial charge in [0.25, 0.3) is 0 Å². The SMILES string of the molecule is CCCCC(C)(C)c1nnc(N)s1. The maximum absolute atomic E-state index is 5.55. The monoisotopic (exact) mass is 199 g/mol. The highest BCUT2D eigenvalue weighted by Crippen LogP contribution is 2.31. The van der Waals surface area contributed by atoms with E-state index < -0.39 is 0 Å². The van der Waals surface area contributed by atoms with Crippen molar-refractivity contribution in [2.24, 2.45) is 0 Å². The van der Waals surface area contributed by atoms with E-state index in [0.29, 0.717) is 5.13 Å². The normalized spacial score (nSPS) is 11.9. The van der Waals surface area contributed by atoms with Crippen molar-refractivity contribution in [2.75, 3.05) is 5.73 Å². The minimum absolute atomic E-state index is 0.130. The van der Waals surface area contributed by atoms with Gasteiger partial charge in [-0.25, -0.2) is 0 Å². The summed E-state index contributed by atoms with van der Waals surface area (Å²) in [5.41, 5.74) is 5.68. The molecule has 4 heteroatoms. The summed E-state index contributed by atoms with van der Waals surface area (Å²) in [6.07, 6.45) is 3.60. The summed E-state index contributed by atoms with van der Waals surface area (Å²) in [6.45, 7) is 6.59. The summed E-state index contributed by atoms with van der Waals surface area (Å²) < 4.78 is 0. The molecule has 74 valence electrons. The van der Waals surface area contributed by atoms with Gasteiger partial charge in [0.2, 0.25) is 5.13 Å². The van der Waals surface area contributed by atoms with Crippen LogP contribution < -0.4 is 5.73 Å². The van der Waals surface area contributed by atoms with E-state index in [1.165, 1.54) is 24.2 Å². The second kappa shape index (κ2) is 4.05. The summed E-state index contributed by atoms with van der Waals surface area (Å²) in [5, 5.41) is 9.54. The molecule has 0 amide bonds. The number of aromatic nitrogens is 2. The summed E-state index contributed by atoms with van der Waals surface area (Å²) >= 11 is 1.50. The van der Waals surface area contributed by atoms with E-state index in [1.807, 2.05) is 0 Å². The first-order valence-corrected chi connectivity index (χ1v) is 5.47. The zero-order chi connectivity index (χ0) is 9.90. The van der Waals surface area contributed by atoms with E-state index in [0.717, 1.165) is 11.4 Å². The maximum Gasteiger partial charge on any atom is 0.203 e. The van der Waals surface area contributed by atoms with Crippen LogP contribution in [0.15, 0.2) is 0 Å². The lowest BCUT2D eigenvalue weighted by molar-refractivity contribution is 0.452. The number of nitrogens with two attached hydrogens (primary N) is 1. The molecule has 0 atom stereocenters. The first-order chi connectivity index (χ1) is 6.06. The van der Waals surface area contributed by atoms with Gasteiger partial charge in [-0.1, -0.05) is 44.9 Å². The number of nitrogen functional groups attached to an aromatic ring is 1. The van der Waals surface area contributed by atoms with Crippen LogP contribution in [0.1, 0.15) is 45.0 Å². The van der Waals surface area contributed by atoms with Crippen molar-refractivity contribution in [2.45, 2.75) is 45.4 Å². The Labute approximate surface area is 83.4 Å². The summed E-state index contributed by atoms with van der Waals surface area (Å²) in [4.78, 5) is 0. The lowest BCUT2D eigenvalue weighted by Crippen LogP contribution is -2.16. The number of hydrogen-bond acceptors (Lipinski definition) is 4. The third-order valence-corrected chi connectivity index (χ3v) is 3.29. The summed E-state index contributed by atoms with van der Waals surface area (Å²) in [7, 11) is 0. The van der Waals surface area contributed by atoms with Gasteiger partial charge in [-0.05, 0) is 6.42 Å². The first kappa shape index (κ1) is 10.4. The minimum atomic E-state index is 0.130. The average Bonchev–Trinajstić information content (AvgIpc) is 2.49. The molecule has 0 aromatic carbocycles. The topological polar surface area (TPSA) is 51.8 Å². The molecule has 0 saturated heterocycles. The smallest absolute Gasteiger partial charge is 0.203 e. The molecular formula is C9H17N3S. The highest BCUT2D eigenvalue weighted by atomic mass is 32.1. The highest BCUT2D eigenvalue weighted by Gasteiger charge is 2.24. The fraction of sp³-hybridized carbons (Fsp3) is 0.778. The van der Waals surface area contributed by atoms with Gasteiger partial charge in [0, 0.05) is 5.41 Å². The lowest BCUT2D eigenvalue weighted by Gasteiger charge is -2.20. The largest absolute Gasteiger partial charge is 0.374 e. The zero-order valence-corrected chi connectivity index (χ0v) is 9.32. The summed E-state index contributed by atoms with van der Waals surface area (Å²) in [5.74, 6) is 0. The van der Waals surface area contributed by atoms with Crippen LogP contribution in [0.5, 0.6) is 0 Å². The molecule has 0 fully saturated rings. The molecule has 0 saturated carbocycles. The van der Waals surface area contributed by atoms with Crippen LogP contribution in [-0.2, 0) is 5.41 Å². The van der Waals surface area contributed by atoms with Gasteiger partial charge in [0.15, 0.2) is 0 Å². The van der Waals surface area contributed by atoms with Crippen LogP contribution in [0.2, 0.25) is 0 Å². The second-order valence-electron chi connectivity index (χ2n) is 3.93. The molecule has 0 radical (unpaired) electrons. The molecule has 1 aromatic rings. The van der Waals surface area contributed by atoms with Crippen LogP contribution >= 0.6 is 11.3 Å². The van der Waals surface area contributed by atoms with Crippen molar-refractivity contribution in [3.63, 3.8) is 0 Å². The predicted octanol–water partition coefficient (Wildman–Crippen LogP) is 2.59. The van der Waals surface area contributed by atoms with Crippen LogP contribution in [-0.4, -0.2) is 10.2 Å². The van der Waals surface area contributed by atoms with E-state index in [1.54, 1.807) is 0 Å². The summed E-state index contributed by atoms with van der Waals surface area (Å²) in [6, 6.07) is 0. The molecule has 0 spiro atoms. The number of rotatable bonds is 4. The van der Waals surface area contributed by atoms with Gasteiger partial charge >= 0.3 is 0 Å². The maximum atomic E-state index is 5.55. The molecule has 1 heterocycles. The Bertz CT molecular complexity index is 268. The predicted molar refractivity (Wildman–Crippen MR) is 56.9 cm³/mol. The number of hydrogen-bond donors (Lipinski definition) is 1. The molecule has 0 aliphatic carbocycles. The number of unbranched alkanes of at least 4 members (excludes halogenated alkanes) is 1. The van der Waals surface area contributed by atoms with Crippen LogP contribution in [0, 0.1) is 0 Å². The van der Waals surface area contributed by atoms with E-state index in [2.05, 4.69) is 31.0 Å². The molecular weight excluding hydrogens is 182 g/mol. The molecule has 0 unspecified atom stereocenters. The molecule has 13 heavy (non-hydrogen) atoms. The van der Waals surface area contributed by atoms with E-state index in [-0.39, 0.29) is 5.41 Å². The fourth-order valence-electron chi connectivity index (χ4n) is 1.23.